The molecule has 126 valence electrons. The Balaban J connectivity index is 1.59. The number of fused-ring (bicyclic) bond motifs is 1. The Morgan fingerprint density at radius 3 is 2.54 bits per heavy atom. The van der Waals surface area contributed by atoms with Crippen LogP contribution in [0.2, 0.25) is 0 Å². The Labute approximate surface area is 141 Å². The van der Waals surface area contributed by atoms with Crippen molar-refractivity contribution in [1.29, 1.82) is 0 Å². The van der Waals surface area contributed by atoms with Gasteiger partial charge in [-0.25, -0.2) is 0 Å². The third-order valence-corrected chi connectivity index (χ3v) is 4.17. The first kappa shape index (κ1) is 16.2. The number of methoxy groups -OCH3 is 2. The number of carbonyl (C=O) groups is 1. The van der Waals surface area contributed by atoms with Gasteiger partial charge in [0.2, 0.25) is 5.91 Å². The Hall–Kier alpha value is -2.69. The molecule has 1 atom stereocenters. The van der Waals surface area contributed by atoms with E-state index in [0.717, 1.165) is 28.4 Å². The SMILES string of the molecule is COc1ccc(CNC(=O)[C@@H]2COc3ccc(OC)cc3C2)cc1. The summed E-state index contributed by atoms with van der Waals surface area (Å²) in [5, 5.41) is 2.97. The number of rotatable bonds is 5. The summed E-state index contributed by atoms with van der Waals surface area (Å²) >= 11 is 0. The van der Waals surface area contributed by atoms with Gasteiger partial charge in [-0.3, -0.25) is 4.79 Å². The Kier molecular flexibility index (Phi) is 4.89. The van der Waals surface area contributed by atoms with Gasteiger partial charge >= 0.3 is 0 Å². The number of hydrogen-bond donors (Lipinski definition) is 1. The molecule has 5 nitrogen and oxygen atoms in total. The summed E-state index contributed by atoms with van der Waals surface area (Å²) in [7, 11) is 3.26. The van der Waals surface area contributed by atoms with Crippen molar-refractivity contribution in [2.75, 3.05) is 20.8 Å². The molecule has 0 saturated carbocycles. The first-order chi connectivity index (χ1) is 11.7. The summed E-state index contributed by atoms with van der Waals surface area (Å²) in [6, 6.07) is 13.3. The summed E-state index contributed by atoms with van der Waals surface area (Å²) in [5.74, 6) is 2.21. The molecule has 3 rings (SSSR count). The molecular formula is C19H21NO4. The molecule has 0 spiro atoms. The van der Waals surface area contributed by atoms with Crippen LogP contribution in [0, 0.1) is 5.92 Å². The van der Waals surface area contributed by atoms with Crippen molar-refractivity contribution in [3.8, 4) is 17.2 Å². The van der Waals surface area contributed by atoms with Crippen LogP contribution in [0.25, 0.3) is 0 Å². The summed E-state index contributed by atoms with van der Waals surface area (Å²) in [5.41, 5.74) is 2.04. The highest BCUT2D eigenvalue weighted by atomic mass is 16.5. The van der Waals surface area contributed by atoms with E-state index in [-0.39, 0.29) is 11.8 Å². The number of ether oxygens (including phenoxy) is 3. The first-order valence-electron chi connectivity index (χ1n) is 7.90. The maximum atomic E-state index is 12.4. The molecule has 2 aromatic rings. The Bertz CT molecular complexity index is 712. The lowest BCUT2D eigenvalue weighted by atomic mass is 9.95. The molecule has 1 aliphatic rings. The van der Waals surface area contributed by atoms with Crippen molar-refractivity contribution >= 4 is 5.91 Å². The van der Waals surface area contributed by atoms with Gasteiger partial charge in [0, 0.05) is 6.54 Å². The fourth-order valence-electron chi connectivity index (χ4n) is 2.74. The van der Waals surface area contributed by atoms with Gasteiger partial charge in [-0.15, -0.1) is 0 Å². The van der Waals surface area contributed by atoms with Gasteiger partial charge in [0.05, 0.1) is 20.1 Å². The van der Waals surface area contributed by atoms with Crippen molar-refractivity contribution in [2.45, 2.75) is 13.0 Å². The minimum Gasteiger partial charge on any atom is -0.497 e. The van der Waals surface area contributed by atoms with E-state index in [1.54, 1.807) is 14.2 Å². The van der Waals surface area contributed by atoms with E-state index in [2.05, 4.69) is 5.32 Å². The Morgan fingerprint density at radius 2 is 1.83 bits per heavy atom. The molecule has 1 N–H and O–H groups in total. The van der Waals surface area contributed by atoms with E-state index in [1.807, 2.05) is 42.5 Å². The molecule has 2 aromatic carbocycles. The standard InChI is InChI=1S/C19H21NO4/c1-22-16-5-3-13(4-6-16)11-20-19(21)15-9-14-10-17(23-2)7-8-18(14)24-12-15/h3-8,10,15H,9,11-12H2,1-2H3,(H,20,21)/t15-/m0/s1. The minimum absolute atomic E-state index is 0.000659. The summed E-state index contributed by atoms with van der Waals surface area (Å²) in [6.07, 6.45) is 0.654. The second-order valence-corrected chi connectivity index (χ2v) is 5.75. The molecule has 0 bridgehead atoms. The van der Waals surface area contributed by atoms with Crippen molar-refractivity contribution in [2.24, 2.45) is 5.92 Å². The molecule has 5 heteroatoms. The lowest BCUT2D eigenvalue weighted by Gasteiger charge is -2.25. The third kappa shape index (κ3) is 3.62. The maximum Gasteiger partial charge on any atom is 0.227 e. The van der Waals surface area contributed by atoms with Crippen LogP contribution in [0.1, 0.15) is 11.1 Å². The van der Waals surface area contributed by atoms with E-state index in [1.165, 1.54) is 0 Å². The quantitative estimate of drug-likeness (QED) is 0.917. The normalized spacial score (nSPS) is 15.8. The van der Waals surface area contributed by atoms with Crippen LogP contribution in [0.4, 0.5) is 0 Å². The molecule has 1 aliphatic heterocycles. The highest BCUT2D eigenvalue weighted by molar-refractivity contribution is 5.79. The zero-order chi connectivity index (χ0) is 16.9. The summed E-state index contributed by atoms with van der Waals surface area (Å²) < 4.78 is 16.1. The predicted molar refractivity (Wildman–Crippen MR) is 90.5 cm³/mol. The van der Waals surface area contributed by atoms with Gasteiger partial charge in [0.15, 0.2) is 0 Å². The van der Waals surface area contributed by atoms with Crippen LogP contribution in [-0.4, -0.2) is 26.7 Å². The third-order valence-electron chi connectivity index (χ3n) is 4.17. The van der Waals surface area contributed by atoms with Crippen LogP contribution in [0.3, 0.4) is 0 Å². The molecule has 0 aliphatic carbocycles. The van der Waals surface area contributed by atoms with E-state index in [0.29, 0.717) is 19.6 Å². The van der Waals surface area contributed by atoms with Gasteiger partial charge in [-0.05, 0) is 47.9 Å². The monoisotopic (exact) mass is 327 g/mol. The second-order valence-electron chi connectivity index (χ2n) is 5.75. The number of amides is 1. The summed E-state index contributed by atoms with van der Waals surface area (Å²) in [6.45, 7) is 0.887. The minimum atomic E-state index is -0.192. The van der Waals surface area contributed by atoms with E-state index >= 15 is 0 Å². The van der Waals surface area contributed by atoms with E-state index < -0.39 is 0 Å². The van der Waals surface area contributed by atoms with Gasteiger partial charge in [0.1, 0.15) is 23.9 Å². The van der Waals surface area contributed by atoms with Crippen LogP contribution in [0.5, 0.6) is 17.2 Å². The first-order valence-corrected chi connectivity index (χ1v) is 7.90. The van der Waals surface area contributed by atoms with Crippen molar-refractivity contribution in [1.82, 2.24) is 5.32 Å². The molecular weight excluding hydrogens is 306 g/mol. The topological polar surface area (TPSA) is 56.8 Å². The smallest absolute Gasteiger partial charge is 0.227 e. The fourth-order valence-corrected chi connectivity index (χ4v) is 2.74. The van der Waals surface area contributed by atoms with Crippen LogP contribution >= 0.6 is 0 Å². The molecule has 0 unspecified atom stereocenters. The predicted octanol–water partition coefficient (Wildman–Crippen LogP) is 2.57. The molecule has 0 fully saturated rings. The second kappa shape index (κ2) is 7.25. The number of hydrogen-bond acceptors (Lipinski definition) is 4. The molecule has 24 heavy (non-hydrogen) atoms. The van der Waals surface area contributed by atoms with Crippen LogP contribution in [0.15, 0.2) is 42.5 Å². The molecule has 0 radical (unpaired) electrons. The zero-order valence-corrected chi connectivity index (χ0v) is 13.9. The van der Waals surface area contributed by atoms with Crippen molar-refractivity contribution in [3.63, 3.8) is 0 Å². The lowest BCUT2D eigenvalue weighted by Crippen LogP contribution is -2.37. The lowest BCUT2D eigenvalue weighted by molar-refractivity contribution is -0.126. The zero-order valence-electron chi connectivity index (χ0n) is 13.9. The molecule has 0 saturated heterocycles. The Morgan fingerprint density at radius 1 is 1.12 bits per heavy atom. The van der Waals surface area contributed by atoms with Gasteiger partial charge in [0.25, 0.3) is 0 Å². The van der Waals surface area contributed by atoms with Gasteiger partial charge < -0.3 is 19.5 Å². The van der Waals surface area contributed by atoms with E-state index in [9.17, 15) is 4.79 Å². The average Bonchev–Trinajstić information content (AvgIpc) is 2.65. The highest BCUT2D eigenvalue weighted by Crippen LogP contribution is 2.30. The number of carbonyl (C=O) groups excluding carboxylic acids is 1. The van der Waals surface area contributed by atoms with Gasteiger partial charge in [-0.2, -0.15) is 0 Å². The van der Waals surface area contributed by atoms with E-state index in [4.69, 9.17) is 14.2 Å². The number of nitrogens with one attached hydrogen (secondary N) is 1. The highest BCUT2D eigenvalue weighted by Gasteiger charge is 2.26. The fraction of sp³-hybridized carbons (Fsp3) is 0.316. The number of benzene rings is 2. The largest absolute Gasteiger partial charge is 0.497 e. The van der Waals surface area contributed by atoms with Gasteiger partial charge in [-0.1, -0.05) is 12.1 Å². The summed E-state index contributed by atoms with van der Waals surface area (Å²) in [4.78, 5) is 12.4. The van der Waals surface area contributed by atoms with Crippen LogP contribution < -0.4 is 19.5 Å². The van der Waals surface area contributed by atoms with Crippen LogP contribution in [-0.2, 0) is 17.8 Å². The average molecular weight is 327 g/mol. The van der Waals surface area contributed by atoms with Crippen molar-refractivity contribution in [3.05, 3.63) is 53.6 Å². The molecule has 0 aromatic heterocycles. The maximum absolute atomic E-state index is 12.4. The van der Waals surface area contributed by atoms with Crippen molar-refractivity contribution < 1.29 is 19.0 Å². The molecule has 1 amide bonds. The molecule has 1 heterocycles.